The summed E-state index contributed by atoms with van der Waals surface area (Å²) in [4.78, 5) is 27.6. The fourth-order valence-corrected chi connectivity index (χ4v) is 3.86. The number of benzene rings is 2. The van der Waals surface area contributed by atoms with Crippen LogP contribution in [0, 0.1) is 0 Å². The predicted octanol–water partition coefficient (Wildman–Crippen LogP) is 5.50. The van der Waals surface area contributed by atoms with E-state index in [1.54, 1.807) is 12.1 Å². The number of alkyl halides is 3. The monoisotopic (exact) mass is 492 g/mol. The number of halogens is 3. The van der Waals surface area contributed by atoms with Crippen LogP contribution in [0.25, 0.3) is 0 Å². The Labute approximate surface area is 203 Å². The molecule has 0 unspecified atom stereocenters. The van der Waals surface area contributed by atoms with E-state index in [0.29, 0.717) is 37.4 Å². The highest BCUT2D eigenvalue weighted by atomic mass is 19.4. The number of piperidine rings is 1. The second-order valence-corrected chi connectivity index (χ2v) is 8.24. The number of nitrogens with one attached hydrogen (secondary N) is 3. The maximum atomic E-state index is 13.0. The minimum absolute atomic E-state index is 0.215. The van der Waals surface area contributed by atoms with Crippen LogP contribution in [-0.4, -0.2) is 44.8 Å². The number of carbonyl (C=O) groups excluding carboxylic acids is 2. The molecule has 35 heavy (non-hydrogen) atoms. The Kier molecular flexibility index (Phi) is 9.36. The SMILES string of the molecule is CCOCCCNC(=O)c1cc(NC(=O)Nc2ccc(C(F)(F)F)cc2)ccc1N1CCCCC1. The molecule has 10 heteroatoms. The third-order valence-electron chi connectivity index (χ3n) is 5.62. The first-order chi connectivity index (χ1) is 16.8. The van der Waals surface area contributed by atoms with Crippen LogP contribution in [0.15, 0.2) is 42.5 Å². The second-order valence-electron chi connectivity index (χ2n) is 8.24. The van der Waals surface area contributed by atoms with Gasteiger partial charge in [-0.05, 0) is 75.1 Å². The van der Waals surface area contributed by atoms with Gasteiger partial charge < -0.3 is 25.6 Å². The van der Waals surface area contributed by atoms with Crippen molar-refractivity contribution in [2.45, 2.75) is 38.8 Å². The molecule has 0 bridgehead atoms. The summed E-state index contributed by atoms with van der Waals surface area (Å²) in [6.45, 7) is 5.26. The van der Waals surface area contributed by atoms with Crippen molar-refractivity contribution in [1.29, 1.82) is 0 Å². The van der Waals surface area contributed by atoms with Crippen molar-refractivity contribution in [2.24, 2.45) is 0 Å². The van der Waals surface area contributed by atoms with E-state index >= 15 is 0 Å². The first-order valence-corrected chi connectivity index (χ1v) is 11.8. The number of carbonyl (C=O) groups is 2. The average molecular weight is 493 g/mol. The lowest BCUT2D eigenvalue weighted by molar-refractivity contribution is -0.137. The molecule has 1 heterocycles. The molecule has 1 saturated heterocycles. The minimum Gasteiger partial charge on any atom is -0.382 e. The van der Waals surface area contributed by atoms with Crippen LogP contribution >= 0.6 is 0 Å². The maximum Gasteiger partial charge on any atom is 0.416 e. The zero-order chi connectivity index (χ0) is 25.3. The number of ether oxygens (including phenoxy) is 1. The molecule has 7 nitrogen and oxygen atoms in total. The molecule has 0 spiro atoms. The van der Waals surface area contributed by atoms with Crippen LogP contribution < -0.4 is 20.9 Å². The highest BCUT2D eigenvalue weighted by molar-refractivity contribution is 6.04. The number of anilines is 3. The molecule has 190 valence electrons. The van der Waals surface area contributed by atoms with Crippen molar-refractivity contribution in [1.82, 2.24) is 5.32 Å². The Balaban J connectivity index is 1.69. The lowest BCUT2D eigenvalue weighted by Gasteiger charge is -2.30. The number of nitrogens with zero attached hydrogens (tertiary/aromatic N) is 1. The van der Waals surface area contributed by atoms with E-state index in [1.165, 1.54) is 12.1 Å². The molecule has 1 aliphatic heterocycles. The quantitative estimate of drug-likeness (QED) is 0.404. The Bertz CT molecular complexity index is 990. The molecule has 0 radical (unpaired) electrons. The van der Waals surface area contributed by atoms with Crippen LogP contribution in [0.2, 0.25) is 0 Å². The molecule has 3 rings (SSSR count). The predicted molar refractivity (Wildman–Crippen MR) is 130 cm³/mol. The third-order valence-corrected chi connectivity index (χ3v) is 5.62. The van der Waals surface area contributed by atoms with Gasteiger partial charge in [0.25, 0.3) is 5.91 Å². The van der Waals surface area contributed by atoms with Crippen LogP contribution in [0.1, 0.15) is 48.5 Å². The smallest absolute Gasteiger partial charge is 0.382 e. The molecule has 2 aromatic rings. The highest BCUT2D eigenvalue weighted by Gasteiger charge is 2.30. The van der Waals surface area contributed by atoms with Gasteiger partial charge in [-0.15, -0.1) is 0 Å². The first-order valence-electron chi connectivity index (χ1n) is 11.8. The molecule has 0 aliphatic carbocycles. The molecule has 0 aromatic heterocycles. The summed E-state index contributed by atoms with van der Waals surface area (Å²) >= 11 is 0. The third kappa shape index (κ3) is 7.88. The fraction of sp³-hybridized carbons (Fsp3) is 0.440. The van der Waals surface area contributed by atoms with Crippen molar-refractivity contribution in [3.63, 3.8) is 0 Å². The first kappa shape index (κ1) is 26.3. The van der Waals surface area contributed by atoms with Gasteiger partial charge in [-0.3, -0.25) is 4.79 Å². The molecule has 1 aliphatic rings. The maximum absolute atomic E-state index is 13.0. The Morgan fingerprint density at radius 3 is 2.29 bits per heavy atom. The zero-order valence-corrected chi connectivity index (χ0v) is 19.7. The van der Waals surface area contributed by atoms with E-state index in [2.05, 4.69) is 20.9 Å². The molecular weight excluding hydrogens is 461 g/mol. The lowest BCUT2D eigenvalue weighted by atomic mass is 10.1. The Morgan fingerprint density at radius 1 is 0.971 bits per heavy atom. The zero-order valence-electron chi connectivity index (χ0n) is 19.7. The Morgan fingerprint density at radius 2 is 1.63 bits per heavy atom. The van der Waals surface area contributed by atoms with Crippen molar-refractivity contribution >= 4 is 29.0 Å². The number of amides is 3. The van der Waals surface area contributed by atoms with Gasteiger partial charge in [0.15, 0.2) is 0 Å². The molecular formula is C25H31F3N4O3. The van der Waals surface area contributed by atoms with Crippen LogP contribution in [0.3, 0.4) is 0 Å². The van der Waals surface area contributed by atoms with Crippen LogP contribution in [0.5, 0.6) is 0 Å². The molecule has 0 atom stereocenters. The van der Waals surface area contributed by atoms with E-state index in [4.69, 9.17) is 4.74 Å². The molecule has 3 N–H and O–H groups in total. The summed E-state index contributed by atoms with van der Waals surface area (Å²) in [5.41, 5.74) is 1.08. The van der Waals surface area contributed by atoms with E-state index in [1.807, 2.05) is 13.0 Å². The van der Waals surface area contributed by atoms with Gasteiger partial charge >= 0.3 is 12.2 Å². The summed E-state index contributed by atoms with van der Waals surface area (Å²) in [6.07, 6.45) is -0.516. The number of rotatable bonds is 9. The van der Waals surface area contributed by atoms with Gasteiger partial charge in [-0.2, -0.15) is 13.2 Å². The van der Waals surface area contributed by atoms with Crippen LogP contribution in [0.4, 0.5) is 35.0 Å². The van der Waals surface area contributed by atoms with Crippen molar-refractivity contribution in [3.05, 3.63) is 53.6 Å². The van der Waals surface area contributed by atoms with Gasteiger partial charge in [0.1, 0.15) is 0 Å². The normalized spacial score (nSPS) is 13.9. The number of hydrogen-bond donors (Lipinski definition) is 3. The molecule has 2 aromatic carbocycles. The highest BCUT2D eigenvalue weighted by Crippen LogP contribution is 2.30. The standard InChI is InChI=1S/C25H31F3N4O3/c1-2-35-16-6-13-29-23(33)21-17-20(11-12-22(21)32-14-4-3-5-15-32)31-24(34)30-19-9-7-18(8-10-19)25(26,27)28/h7-12,17H,2-6,13-16H2,1H3,(H,29,33)(H2,30,31,34). The van der Waals surface area contributed by atoms with Crippen molar-refractivity contribution in [3.8, 4) is 0 Å². The van der Waals surface area contributed by atoms with Gasteiger partial charge in [-0.25, -0.2) is 4.79 Å². The fourth-order valence-electron chi connectivity index (χ4n) is 3.86. The summed E-state index contributed by atoms with van der Waals surface area (Å²) in [6, 6.07) is 8.68. The largest absolute Gasteiger partial charge is 0.416 e. The van der Waals surface area contributed by atoms with E-state index < -0.39 is 17.8 Å². The molecule has 3 amide bonds. The summed E-state index contributed by atoms with van der Waals surface area (Å²) in [5, 5.41) is 8.07. The van der Waals surface area contributed by atoms with Crippen molar-refractivity contribution < 1.29 is 27.5 Å². The summed E-state index contributed by atoms with van der Waals surface area (Å²) < 4.78 is 43.5. The molecule has 1 fully saturated rings. The van der Waals surface area contributed by atoms with E-state index in [-0.39, 0.29) is 11.6 Å². The Hall–Kier alpha value is -3.27. The number of urea groups is 1. The number of hydrogen-bond acceptors (Lipinski definition) is 4. The van der Waals surface area contributed by atoms with Crippen molar-refractivity contribution in [2.75, 3.05) is 48.4 Å². The average Bonchev–Trinajstić information content (AvgIpc) is 2.84. The topological polar surface area (TPSA) is 82.7 Å². The van der Waals surface area contributed by atoms with Gasteiger partial charge in [0.2, 0.25) is 0 Å². The second kappa shape index (κ2) is 12.4. The molecule has 0 saturated carbocycles. The van der Waals surface area contributed by atoms with Crippen LogP contribution in [-0.2, 0) is 10.9 Å². The van der Waals surface area contributed by atoms with E-state index in [0.717, 1.165) is 50.2 Å². The lowest BCUT2D eigenvalue weighted by Crippen LogP contribution is -2.33. The van der Waals surface area contributed by atoms with Gasteiger partial charge in [0, 0.05) is 49.9 Å². The minimum atomic E-state index is -4.45. The van der Waals surface area contributed by atoms with E-state index in [9.17, 15) is 22.8 Å². The summed E-state index contributed by atoms with van der Waals surface area (Å²) in [5.74, 6) is -0.242. The van der Waals surface area contributed by atoms with Gasteiger partial charge in [0.05, 0.1) is 11.1 Å². The summed E-state index contributed by atoms with van der Waals surface area (Å²) in [7, 11) is 0. The van der Waals surface area contributed by atoms with Gasteiger partial charge in [-0.1, -0.05) is 0 Å².